The summed E-state index contributed by atoms with van der Waals surface area (Å²) in [5, 5.41) is 2.63. The molecule has 0 aromatic heterocycles. The van der Waals surface area contributed by atoms with Crippen molar-refractivity contribution in [1.29, 1.82) is 0 Å². The third-order valence-corrected chi connectivity index (χ3v) is 4.30. The number of benzene rings is 2. The van der Waals surface area contributed by atoms with Gasteiger partial charge in [0, 0.05) is 5.69 Å². The number of rotatable bonds is 7. The predicted octanol–water partition coefficient (Wildman–Crippen LogP) is 3.71. The van der Waals surface area contributed by atoms with Crippen molar-refractivity contribution < 1.29 is 28.6 Å². The van der Waals surface area contributed by atoms with E-state index < -0.39 is 17.8 Å². The lowest BCUT2D eigenvalue weighted by atomic mass is 10.0. The summed E-state index contributed by atoms with van der Waals surface area (Å²) in [7, 11) is 2.46. The van der Waals surface area contributed by atoms with Crippen LogP contribution in [0.4, 0.5) is 5.69 Å². The van der Waals surface area contributed by atoms with Gasteiger partial charge in [-0.3, -0.25) is 4.79 Å². The van der Waals surface area contributed by atoms with Crippen LogP contribution in [0.25, 0.3) is 0 Å². The Morgan fingerprint density at radius 1 is 0.931 bits per heavy atom. The number of amides is 1. The lowest BCUT2D eigenvalue weighted by Crippen LogP contribution is -2.21. The van der Waals surface area contributed by atoms with Crippen LogP contribution in [0.1, 0.15) is 51.6 Å². The summed E-state index contributed by atoms with van der Waals surface area (Å²) < 4.78 is 15.0. The fourth-order valence-corrected chi connectivity index (χ4v) is 2.64. The van der Waals surface area contributed by atoms with Crippen molar-refractivity contribution in [2.24, 2.45) is 0 Å². The summed E-state index contributed by atoms with van der Waals surface area (Å²) in [5.41, 5.74) is 2.52. The Balaban J connectivity index is 2.15. The van der Waals surface area contributed by atoms with Gasteiger partial charge in [0.1, 0.15) is 5.75 Å². The van der Waals surface area contributed by atoms with Crippen molar-refractivity contribution in [3.05, 3.63) is 58.7 Å². The molecule has 0 heterocycles. The Labute approximate surface area is 170 Å². The van der Waals surface area contributed by atoms with E-state index in [2.05, 4.69) is 28.6 Å². The van der Waals surface area contributed by atoms with Crippen molar-refractivity contribution in [3.63, 3.8) is 0 Å². The third kappa shape index (κ3) is 5.81. The van der Waals surface area contributed by atoms with Crippen LogP contribution < -0.4 is 10.1 Å². The van der Waals surface area contributed by atoms with Crippen molar-refractivity contribution in [2.45, 2.75) is 26.7 Å². The maximum absolute atomic E-state index is 12.3. The molecule has 29 heavy (non-hydrogen) atoms. The van der Waals surface area contributed by atoms with Gasteiger partial charge in [0.25, 0.3) is 5.91 Å². The van der Waals surface area contributed by atoms with Crippen molar-refractivity contribution in [3.8, 4) is 5.75 Å². The number of carbonyl (C=O) groups is 3. The molecule has 1 amide bonds. The highest BCUT2D eigenvalue weighted by atomic mass is 16.5. The molecule has 0 radical (unpaired) electrons. The largest absolute Gasteiger partial charge is 0.483 e. The Kier molecular flexibility index (Phi) is 7.36. The monoisotopic (exact) mass is 399 g/mol. The number of methoxy groups -OCH3 is 2. The number of anilines is 1. The van der Waals surface area contributed by atoms with Gasteiger partial charge in [-0.15, -0.1) is 0 Å². The first-order valence-electron chi connectivity index (χ1n) is 9.10. The molecule has 1 N–H and O–H groups in total. The molecule has 0 aliphatic carbocycles. The van der Waals surface area contributed by atoms with Gasteiger partial charge in [0.2, 0.25) is 0 Å². The first-order chi connectivity index (χ1) is 13.7. The van der Waals surface area contributed by atoms with E-state index in [4.69, 9.17) is 4.74 Å². The number of hydrogen-bond donors (Lipinski definition) is 1. The molecule has 0 unspecified atom stereocenters. The van der Waals surface area contributed by atoms with Gasteiger partial charge in [0.15, 0.2) is 6.61 Å². The van der Waals surface area contributed by atoms with Crippen LogP contribution in [0.3, 0.4) is 0 Å². The van der Waals surface area contributed by atoms with Crippen molar-refractivity contribution in [1.82, 2.24) is 0 Å². The zero-order valence-corrected chi connectivity index (χ0v) is 17.2. The quantitative estimate of drug-likeness (QED) is 0.714. The number of ether oxygens (including phenoxy) is 3. The molecule has 0 aliphatic heterocycles. The molecular formula is C22H25NO6. The molecule has 2 aromatic carbocycles. The normalized spacial score (nSPS) is 10.4. The smallest absolute Gasteiger partial charge is 0.337 e. The van der Waals surface area contributed by atoms with Gasteiger partial charge in [0.05, 0.1) is 25.3 Å². The maximum atomic E-state index is 12.3. The topological polar surface area (TPSA) is 90.9 Å². The third-order valence-electron chi connectivity index (χ3n) is 4.30. The molecule has 0 fully saturated rings. The standard InChI is InChI=1S/C22H25NO6/c1-13(2)15-7-6-14(3)19(11-15)29-12-20(24)23-18-9-16(21(25)27-4)8-17(10-18)22(26)28-5/h6-11,13H,12H2,1-5H3,(H,23,24). The van der Waals surface area contributed by atoms with E-state index in [0.717, 1.165) is 11.1 Å². The first kappa shape index (κ1) is 21.9. The van der Waals surface area contributed by atoms with E-state index in [1.807, 2.05) is 25.1 Å². The molecule has 0 saturated heterocycles. The predicted molar refractivity (Wildman–Crippen MR) is 109 cm³/mol. The average molecular weight is 399 g/mol. The lowest BCUT2D eigenvalue weighted by molar-refractivity contribution is -0.118. The highest BCUT2D eigenvalue weighted by Gasteiger charge is 2.15. The van der Waals surface area contributed by atoms with Crippen molar-refractivity contribution in [2.75, 3.05) is 26.1 Å². The van der Waals surface area contributed by atoms with Gasteiger partial charge in [-0.1, -0.05) is 26.0 Å². The average Bonchev–Trinajstić information content (AvgIpc) is 2.71. The van der Waals surface area contributed by atoms with Crippen LogP contribution in [-0.4, -0.2) is 38.7 Å². The highest BCUT2D eigenvalue weighted by molar-refractivity contribution is 5.99. The minimum Gasteiger partial charge on any atom is -0.483 e. The number of hydrogen-bond acceptors (Lipinski definition) is 6. The Hall–Kier alpha value is -3.35. The van der Waals surface area contributed by atoms with Gasteiger partial charge in [-0.05, 0) is 48.2 Å². The van der Waals surface area contributed by atoms with Gasteiger partial charge < -0.3 is 19.5 Å². The summed E-state index contributed by atoms with van der Waals surface area (Å²) >= 11 is 0. The zero-order valence-electron chi connectivity index (χ0n) is 17.2. The molecule has 154 valence electrons. The summed E-state index contributed by atoms with van der Waals surface area (Å²) in [6, 6.07) is 10.1. The van der Waals surface area contributed by atoms with Crippen LogP contribution in [0.2, 0.25) is 0 Å². The van der Waals surface area contributed by atoms with Crippen molar-refractivity contribution >= 4 is 23.5 Å². The SMILES string of the molecule is COC(=O)c1cc(NC(=O)COc2cc(C(C)C)ccc2C)cc(C(=O)OC)c1. The van der Waals surface area contributed by atoms with E-state index in [0.29, 0.717) is 11.7 Å². The molecule has 7 nitrogen and oxygen atoms in total. The van der Waals surface area contributed by atoms with E-state index in [1.165, 1.54) is 32.4 Å². The fourth-order valence-electron chi connectivity index (χ4n) is 2.64. The Bertz CT molecular complexity index is 885. The molecule has 2 aromatic rings. The second-order valence-corrected chi connectivity index (χ2v) is 6.80. The number of aryl methyl sites for hydroxylation is 1. The van der Waals surface area contributed by atoms with Crippen LogP contribution in [0, 0.1) is 6.92 Å². The van der Waals surface area contributed by atoms with Crippen LogP contribution >= 0.6 is 0 Å². The molecule has 7 heteroatoms. The Morgan fingerprint density at radius 2 is 1.52 bits per heavy atom. The van der Waals surface area contributed by atoms with E-state index in [9.17, 15) is 14.4 Å². The molecule has 0 atom stereocenters. The van der Waals surface area contributed by atoms with E-state index >= 15 is 0 Å². The van der Waals surface area contributed by atoms with Crippen LogP contribution in [0.5, 0.6) is 5.75 Å². The molecule has 0 bridgehead atoms. The summed E-state index contributed by atoms with van der Waals surface area (Å²) in [5.74, 6) is -0.737. The van der Waals surface area contributed by atoms with Gasteiger partial charge >= 0.3 is 11.9 Å². The van der Waals surface area contributed by atoms with E-state index in [-0.39, 0.29) is 23.4 Å². The second kappa shape index (κ2) is 9.73. The summed E-state index contributed by atoms with van der Waals surface area (Å²) in [6.07, 6.45) is 0. The number of esters is 2. The minimum atomic E-state index is -0.636. The van der Waals surface area contributed by atoms with Gasteiger partial charge in [-0.25, -0.2) is 9.59 Å². The second-order valence-electron chi connectivity index (χ2n) is 6.80. The number of nitrogens with one attached hydrogen (secondary N) is 1. The fraction of sp³-hybridized carbons (Fsp3) is 0.318. The van der Waals surface area contributed by atoms with Crippen LogP contribution in [-0.2, 0) is 14.3 Å². The van der Waals surface area contributed by atoms with E-state index in [1.54, 1.807) is 0 Å². The molecule has 0 aliphatic rings. The zero-order chi connectivity index (χ0) is 21.6. The minimum absolute atomic E-state index is 0.118. The first-order valence-corrected chi connectivity index (χ1v) is 9.10. The molecule has 2 rings (SSSR count). The van der Waals surface area contributed by atoms with Crippen LogP contribution in [0.15, 0.2) is 36.4 Å². The summed E-state index contributed by atoms with van der Waals surface area (Å²) in [4.78, 5) is 36.0. The lowest BCUT2D eigenvalue weighted by Gasteiger charge is -2.13. The maximum Gasteiger partial charge on any atom is 0.337 e. The van der Waals surface area contributed by atoms with Gasteiger partial charge in [-0.2, -0.15) is 0 Å². The summed E-state index contributed by atoms with van der Waals surface area (Å²) in [6.45, 7) is 5.83. The molecule has 0 saturated carbocycles. The molecule has 0 spiro atoms. The molecular weight excluding hydrogens is 374 g/mol. The number of carbonyl (C=O) groups excluding carboxylic acids is 3. The highest BCUT2D eigenvalue weighted by Crippen LogP contribution is 2.24. The Morgan fingerprint density at radius 3 is 2.03 bits per heavy atom.